The van der Waals surface area contributed by atoms with Gasteiger partial charge in [-0.2, -0.15) is 5.26 Å². The fourth-order valence-electron chi connectivity index (χ4n) is 5.98. The van der Waals surface area contributed by atoms with Crippen LogP contribution in [0.1, 0.15) is 29.8 Å². The van der Waals surface area contributed by atoms with Crippen LogP contribution in [0.25, 0.3) is 27.7 Å². The second kappa shape index (κ2) is 8.60. The summed E-state index contributed by atoms with van der Waals surface area (Å²) in [6.45, 7) is 0.357. The topological polar surface area (TPSA) is 116 Å². The molecule has 2 aliphatic heterocycles. The molecule has 0 aliphatic carbocycles. The lowest BCUT2D eigenvalue weighted by Crippen LogP contribution is -2.40. The molecule has 2 bridgehead atoms. The summed E-state index contributed by atoms with van der Waals surface area (Å²) in [5.74, 6) is -0.204. The van der Waals surface area contributed by atoms with Crippen LogP contribution >= 0.6 is 0 Å². The van der Waals surface area contributed by atoms with E-state index in [9.17, 15) is 20.0 Å². The number of rotatable bonds is 3. The Kier molecular flexibility index (Phi) is 5.03. The van der Waals surface area contributed by atoms with Gasteiger partial charge in [0, 0.05) is 23.7 Å². The van der Waals surface area contributed by atoms with Crippen LogP contribution < -0.4 is 11.0 Å². The second-order valence-corrected chi connectivity index (χ2v) is 9.74. The minimum Gasteiger partial charge on any atom is -0.493 e. The minimum atomic E-state index is -0.449. The molecule has 5 aromatic rings. The molecule has 4 heterocycles. The number of likely N-dealkylation sites (tertiary alicyclic amines) is 1. The molecule has 190 valence electrons. The third-order valence-electron chi connectivity index (χ3n) is 7.68. The van der Waals surface area contributed by atoms with E-state index in [1.807, 2.05) is 54.6 Å². The number of urea groups is 1. The number of para-hydroxylation sites is 1. The predicted molar refractivity (Wildman–Crippen MR) is 146 cm³/mol. The van der Waals surface area contributed by atoms with Gasteiger partial charge >= 0.3 is 11.7 Å². The highest BCUT2D eigenvalue weighted by Crippen LogP contribution is 2.49. The highest BCUT2D eigenvalue weighted by molar-refractivity contribution is 5.95. The van der Waals surface area contributed by atoms with Crippen LogP contribution in [0.15, 0.2) is 89.9 Å². The van der Waals surface area contributed by atoms with Crippen molar-refractivity contribution in [1.29, 1.82) is 5.26 Å². The molecule has 0 saturated carbocycles. The average molecular weight is 515 g/mol. The first-order valence-electron chi connectivity index (χ1n) is 12.6. The predicted octanol–water partition coefficient (Wildman–Crippen LogP) is 4.97. The number of carbonyl (C=O) groups excluding carboxylic acids is 1. The summed E-state index contributed by atoms with van der Waals surface area (Å²) in [6, 6.07) is 25.3. The molecule has 2 atom stereocenters. The van der Waals surface area contributed by atoms with E-state index >= 15 is 0 Å². The number of benzene rings is 3. The van der Waals surface area contributed by atoms with E-state index in [0.717, 1.165) is 11.1 Å². The van der Waals surface area contributed by atoms with E-state index in [1.54, 1.807) is 39.9 Å². The monoisotopic (exact) mass is 514 g/mol. The van der Waals surface area contributed by atoms with Crippen molar-refractivity contribution in [2.75, 3.05) is 11.9 Å². The van der Waals surface area contributed by atoms with Gasteiger partial charge < -0.3 is 15.3 Å². The summed E-state index contributed by atoms with van der Waals surface area (Å²) in [7, 11) is 0. The Labute approximate surface area is 222 Å². The summed E-state index contributed by atoms with van der Waals surface area (Å²) >= 11 is 0. The molecule has 2 unspecified atom stereocenters. The number of hydrogen-bond acceptors (Lipinski definition) is 5. The zero-order valence-electron chi connectivity index (χ0n) is 20.7. The highest BCUT2D eigenvalue weighted by Gasteiger charge is 2.49. The fraction of sp³-hybridized carbons (Fsp3) is 0.133. The largest absolute Gasteiger partial charge is 0.493 e. The van der Waals surface area contributed by atoms with Gasteiger partial charge in [0.1, 0.15) is 11.8 Å². The third kappa shape index (κ3) is 3.35. The lowest BCUT2D eigenvalue weighted by molar-refractivity contribution is 0.198. The van der Waals surface area contributed by atoms with E-state index in [2.05, 4.69) is 16.4 Å². The van der Waals surface area contributed by atoms with Crippen molar-refractivity contribution < 1.29 is 9.90 Å². The van der Waals surface area contributed by atoms with Crippen molar-refractivity contribution in [1.82, 2.24) is 19.0 Å². The van der Waals surface area contributed by atoms with Crippen molar-refractivity contribution >= 4 is 22.6 Å². The molecule has 2 aromatic heterocycles. The van der Waals surface area contributed by atoms with Crippen LogP contribution in [0.2, 0.25) is 0 Å². The Morgan fingerprint density at radius 2 is 1.82 bits per heavy atom. The van der Waals surface area contributed by atoms with Crippen LogP contribution in [0.5, 0.6) is 5.88 Å². The van der Waals surface area contributed by atoms with Gasteiger partial charge in [0.15, 0.2) is 0 Å². The van der Waals surface area contributed by atoms with Gasteiger partial charge in [0.2, 0.25) is 5.88 Å². The first-order valence-corrected chi connectivity index (χ1v) is 12.6. The molecular weight excluding hydrogens is 492 g/mol. The molecule has 0 spiro atoms. The average Bonchev–Trinajstić information content (AvgIpc) is 3.64. The van der Waals surface area contributed by atoms with E-state index in [0.29, 0.717) is 46.5 Å². The number of carbonyl (C=O) groups is 1. The number of nitrogens with zero attached hydrogens (tertiary/aromatic N) is 5. The number of imidazole rings is 1. The van der Waals surface area contributed by atoms with Crippen molar-refractivity contribution in [2.24, 2.45) is 0 Å². The van der Waals surface area contributed by atoms with Gasteiger partial charge in [0.25, 0.3) is 0 Å². The molecule has 2 aliphatic rings. The zero-order valence-corrected chi connectivity index (χ0v) is 20.7. The van der Waals surface area contributed by atoms with Crippen LogP contribution in [0.3, 0.4) is 0 Å². The van der Waals surface area contributed by atoms with Gasteiger partial charge in [-0.05, 0) is 42.3 Å². The lowest BCUT2D eigenvalue weighted by atomic mass is 10.0. The molecule has 1 saturated heterocycles. The van der Waals surface area contributed by atoms with Gasteiger partial charge in [0.05, 0.1) is 34.5 Å². The first kappa shape index (κ1) is 22.8. The van der Waals surface area contributed by atoms with Gasteiger partial charge in [-0.3, -0.25) is 9.55 Å². The van der Waals surface area contributed by atoms with Gasteiger partial charge in [-0.1, -0.05) is 48.5 Å². The maximum absolute atomic E-state index is 13.6. The summed E-state index contributed by atoms with van der Waals surface area (Å²) in [4.78, 5) is 33.1. The Hall–Kier alpha value is -5.36. The van der Waals surface area contributed by atoms with E-state index < -0.39 is 6.04 Å². The normalized spacial score (nSPS) is 17.3. The molecule has 9 heteroatoms. The van der Waals surface area contributed by atoms with Gasteiger partial charge in [-0.15, -0.1) is 0 Å². The Balaban J connectivity index is 1.25. The summed E-state index contributed by atoms with van der Waals surface area (Å²) in [6.07, 6.45) is 2.14. The number of anilines is 1. The van der Waals surface area contributed by atoms with Crippen molar-refractivity contribution in [3.63, 3.8) is 0 Å². The lowest BCUT2D eigenvalue weighted by Gasteiger charge is -2.28. The number of pyridine rings is 1. The molecule has 7 rings (SSSR count). The van der Waals surface area contributed by atoms with E-state index in [-0.39, 0.29) is 23.6 Å². The molecular formula is C30H22N6O3. The van der Waals surface area contributed by atoms with Crippen molar-refractivity contribution in [3.8, 4) is 28.8 Å². The highest BCUT2D eigenvalue weighted by atomic mass is 16.3. The fourth-order valence-corrected chi connectivity index (χ4v) is 5.98. The molecule has 2 N–H and O–H groups in total. The van der Waals surface area contributed by atoms with Gasteiger partial charge in [-0.25, -0.2) is 14.2 Å². The number of nitrogens with one attached hydrogen (secondary N) is 1. The molecule has 9 nitrogen and oxygen atoms in total. The number of fused-ring (bicyclic) bond motifs is 6. The van der Waals surface area contributed by atoms with E-state index in [1.165, 1.54) is 4.57 Å². The number of amides is 2. The molecule has 0 radical (unpaired) electrons. The SMILES string of the molecule is N#Cc1ccc(-n2c(O)c3n(c2=O)C2CC3N(C(=O)Nc3ccccc3-c3ccccc3)C2)c2cccnc12. The second-order valence-electron chi connectivity index (χ2n) is 9.74. The Bertz CT molecular complexity index is 1890. The zero-order chi connectivity index (χ0) is 26.7. The minimum absolute atomic E-state index is 0.204. The summed E-state index contributed by atoms with van der Waals surface area (Å²) in [5.41, 5.74) is 3.90. The Morgan fingerprint density at radius 3 is 2.64 bits per heavy atom. The van der Waals surface area contributed by atoms with Crippen LogP contribution in [0, 0.1) is 11.3 Å². The number of aromatic hydroxyl groups is 1. The molecule has 39 heavy (non-hydrogen) atoms. The number of nitriles is 1. The standard InChI is InChI=1S/C30H22N6O3/c31-16-19-12-13-24(22-10-6-14-32-26(19)22)36-28(37)27-25-15-20(35(27)30(36)39)17-34(25)29(38)33-23-11-5-4-9-21(23)18-7-2-1-3-8-18/h1-14,20,25,37H,15,17H2,(H,33,38). The number of hydrogen-bond donors (Lipinski definition) is 2. The molecule has 1 fully saturated rings. The van der Waals surface area contributed by atoms with Crippen molar-refractivity contribution in [3.05, 3.63) is 107 Å². The van der Waals surface area contributed by atoms with Crippen LogP contribution in [-0.2, 0) is 0 Å². The number of aromatic nitrogens is 3. The van der Waals surface area contributed by atoms with Crippen LogP contribution in [-0.4, -0.2) is 36.7 Å². The first-order chi connectivity index (χ1) is 19.1. The molecule has 2 amide bonds. The smallest absolute Gasteiger partial charge is 0.336 e. The van der Waals surface area contributed by atoms with Crippen LogP contribution in [0.4, 0.5) is 10.5 Å². The maximum Gasteiger partial charge on any atom is 0.336 e. The van der Waals surface area contributed by atoms with E-state index in [4.69, 9.17) is 0 Å². The Morgan fingerprint density at radius 1 is 1.03 bits per heavy atom. The summed E-state index contributed by atoms with van der Waals surface area (Å²) < 4.78 is 2.86. The van der Waals surface area contributed by atoms with Crippen molar-refractivity contribution in [2.45, 2.75) is 18.5 Å². The third-order valence-corrected chi connectivity index (χ3v) is 7.68. The molecule has 3 aromatic carbocycles. The maximum atomic E-state index is 13.6. The summed E-state index contributed by atoms with van der Waals surface area (Å²) in [5, 5.41) is 24.5. The quantitative estimate of drug-likeness (QED) is 0.353.